The second-order valence-corrected chi connectivity index (χ2v) is 6.46. The quantitative estimate of drug-likeness (QED) is 0.641. The van der Waals surface area contributed by atoms with Gasteiger partial charge in [-0.2, -0.15) is 0 Å². The van der Waals surface area contributed by atoms with Gasteiger partial charge in [-0.1, -0.05) is 39.0 Å². The van der Waals surface area contributed by atoms with Gasteiger partial charge in [-0.25, -0.2) is 0 Å². The maximum atomic E-state index is 12.1. The average molecular weight is 383 g/mol. The van der Waals surface area contributed by atoms with Crippen molar-refractivity contribution in [1.82, 2.24) is 10.9 Å². The Balaban J connectivity index is 1.82. The summed E-state index contributed by atoms with van der Waals surface area (Å²) in [6.07, 6.45) is 0.373. The summed E-state index contributed by atoms with van der Waals surface area (Å²) >= 11 is 0. The molecule has 2 rings (SSSR count). The van der Waals surface area contributed by atoms with Gasteiger partial charge in [-0.3, -0.25) is 25.2 Å². The largest absolute Gasteiger partial charge is 0.483 e. The van der Waals surface area contributed by atoms with Crippen molar-refractivity contribution in [1.29, 1.82) is 0 Å². The van der Waals surface area contributed by atoms with Crippen molar-refractivity contribution in [2.45, 2.75) is 33.1 Å². The van der Waals surface area contributed by atoms with Gasteiger partial charge in [-0.15, -0.1) is 0 Å². The zero-order valence-electron chi connectivity index (χ0n) is 16.2. The van der Waals surface area contributed by atoms with E-state index in [1.807, 2.05) is 32.0 Å². The fourth-order valence-electron chi connectivity index (χ4n) is 2.42. The minimum absolute atomic E-state index is 0.108. The summed E-state index contributed by atoms with van der Waals surface area (Å²) in [6, 6.07) is 13.9. The molecule has 0 unspecified atom stereocenters. The van der Waals surface area contributed by atoms with E-state index in [0.29, 0.717) is 23.4 Å². The van der Waals surface area contributed by atoms with Gasteiger partial charge in [0.1, 0.15) is 5.75 Å². The third-order valence-electron chi connectivity index (χ3n) is 3.97. The molecule has 2 aromatic rings. The molecule has 0 fully saturated rings. The second-order valence-electron chi connectivity index (χ2n) is 6.46. The first-order valence-electron chi connectivity index (χ1n) is 9.11. The highest BCUT2D eigenvalue weighted by Gasteiger charge is 2.11. The zero-order chi connectivity index (χ0) is 20.5. The summed E-state index contributed by atoms with van der Waals surface area (Å²) in [4.78, 5) is 35.4. The van der Waals surface area contributed by atoms with E-state index >= 15 is 0 Å². The molecule has 0 aromatic heterocycles. The van der Waals surface area contributed by atoms with Crippen LogP contribution in [0.5, 0.6) is 5.75 Å². The van der Waals surface area contributed by atoms with Crippen LogP contribution in [0.25, 0.3) is 0 Å². The molecule has 0 bridgehead atoms. The molecule has 3 N–H and O–H groups in total. The van der Waals surface area contributed by atoms with Gasteiger partial charge < -0.3 is 10.1 Å². The molecule has 0 saturated carbocycles. The molecule has 0 aliphatic rings. The maximum Gasteiger partial charge on any atom is 0.276 e. The third-order valence-corrected chi connectivity index (χ3v) is 3.97. The van der Waals surface area contributed by atoms with Gasteiger partial charge in [0.05, 0.1) is 0 Å². The number of para-hydroxylation sites is 1. The van der Waals surface area contributed by atoms with E-state index in [9.17, 15) is 14.4 Å². The van der Waals surface area contributed by atoms with Crippen molar-refractivity contribution < 1.29 is 19.1 Å². The monoisotopic (exact) mass is 383 g/mol. The number of carbonyl (C=O) groups is 3. The van der Waals surface area contributed by atoms with Crippen LogP contribution in [0.15, 0.2) is 48.5 Å². The second kappa shape index (κ2) is 10.1. The minimum Gasteiger partial charge on any atom is -0.483 e. The molecule has 148 valence electrons. The van der Waals surface area contributed by atoms with Crippen LogP contribution in [0.3, 0.4) is 0 Å². The van der Waals surface area contributed by atoms with Crippen LogP contribution in [0.1, 0.15) is 49.0 Å². The van der Waals surface area contributed by atoms with Crippen molar-refractivity contribution in [2.24, 2.45) is 0 Å². The molecular formula is C21H25N3O4. The van der Waals surface area contributed by atoms with Gasteiger partial charge in [-0.05, 0) is 41.8 Å². The van der Waals surface area contributed by atoms with E-state index in [1.165, 1.54) is 0 Å². The lowest BCUT2D eigenvalue weighted by Crippen LogP contribution is -2.43. The van der Waals surface area contributed by atoms with Gasteiger partial charge in [0.25, 0.3) is 11.8 Å². The van der Waals surface area contributed by atoms with Crippen molar-refractivity contribution in [3.05, 3.63) is 59.7 Å². The number of rotatable bonds is 7. The Hall–Kier alpha value is -3.35. The van der Waals surface area contributed by atoms with E-state index in [2.05, 4.69) is 16.2 Å². The molecule has 7 nitrogen and oxygen atoms in total. The van der Waals surface area contributed by atoms with Crippen LogP contribution in [0.4, 0.5) is 5.69 Å². The molecule has 0 radical (unpaired) electrons. The van der Waals surface area contributed by atoms with Gasteiger partial charge in [0.15, 0.2) is 6.61 Å². The number of ether oxygens (including phenoxy) is 1. The lowest BCUT2D eigenvalue weighted by Gasteiger charge is -2.14. The molecule has 2 aromatic carbocycles. The molecule has 0 heterocycles. The number of amides is 3. The molecular weight excluding hydrogens is 358 g/mol. The summed E-state index contributed by atoms with van der Waals surface area (Å²) in [6.45, 7) is 5.62. The van der Waals surface area contributed by atoms with Crippen LogP contribution >= 0.6 is 0 Å². The SMILES string of the molecule is CCC(=O)Nc1ccc(C(=O)NNC(=O)COc2ccccc2C(C)C)cc1. The molecule has 0 aliphatic heterocycles. The Bertz CT molecular complexity index is 832. The van der Waals surface area contributed by atoms with Crippen LogP contribution in [-0.4, -0.2) is 24.3 Å². The molecule has 0 aliphatic carbocycles. The van der Waals surface area contributed by atoms with Crippen LogP contribution < -0.4 is 20.9 Å². The molecule has 28 heavy (non-hydrogen) atoms. The summed E-state index contributed by atoms with van der Waals surface area (Å²) in [5.74, 6) is -0.140. The molecule has 3 amide bonds. The van der Waals surface area contributed by atoms with Crippen molar-refractivity contribution in [3.8, 4) is 5.75 Å². The van der Waals surface area contributed by atoms with Crippen LogP contribution in [0.2, 0.25) is 0 Å². The first-order chi connectivity index (χ1) is 13.4. The first-order valence-corrected chi connectivity index (χ1v) is 9.11. The summed E-state index contributed by atoms with van der Waals surface area (Å²) in [5.41, 5.74) is 6.62. The number of nitrogens with one attached hydrogen (secondary N) is 3. The van der Waals surface area contributed by atoms with Gasteiger partial charge in [0.2, 0.25) is 5.91 Å². The third kappa shape index (κ3) is 6.12. The van der Waals surface area contributed by atoms with Crippen molar-refractivity contribution in [3.63, 3.8) is 0 Å². The molecule has 0 spiro atoms. The fourth-order valence-corrected chi connectivity index (χ4v) is 2.42. The Morgan fingerprint density at radius 2 is 1.61 bits per heavy atom. The zero-order valence-corrected chi connectivity index (χ0v) is 16.2. The Morgan fingerprint density at radius 3 is 2.25 bits per heavy atom. The average Bonchev–Trinajstić information content (AvgIpc) is 2.71. The predicted molar refractivity (Wildman–Crippen MR) is 107 cm³/mol. The van der Waals surface area contributed by atoms with Crippen LogP contribution in [-0.2, 0) is 9.59 Å². The van der Waals surface area contributed by atoms with Gasteiger partial charge in [0, 0.05) is 17.7 Å². The minimum atomic E-state index is -0.473. The highest BCUT2D eigenvalue weighted by atomic mass is 16.5. The number of benzene rings is 2. The predicted octanol–water partition coefficient (Wildman–Crippen LogP) is 3.00. The van der Waals surface area contributed by atoms with Crippen molar-refractivity contribution in [2.75, 3.05) is 11.9 Å². The number of hydrazine groups is 1. The van der Waals surface area contributed by atoms with E-state index in [1.54, 1.807) is 37.3 Å². The Kier molecular flexibility index (Phi) is 7.56. The topological polar surface area (TPSA) is 96.5 Å². The Morgan fingerprint density at radius 1 is 0.929 bits per heavy atom. The number of hydrogen-bond acceptors (Lipinski definition) is 4. The number of hydrogen-bond donors (Lipinski definition) is 3. The normalized spacial score (nSPS) is 10.3. The maximum absolute atomic E-state index is 12.1. The molecule has 0 atom stereocenters. The van der Waals surface area contributed by atoms with Crippen LogP contribution in [0, 0.1) is 0 Å². The Labute approximate surface area is 164 Å². The highest BCUT2D eigenvalue weighted by Crippen LogP contribution is 2.25. The fraction of sp³-hybridized carbons (Fsp3) is 0.286. The standard InChI is InChI=1S/C21H25N3O4/c1-4-19(25)22-16-11-9-15(10-12-16)21(27)24-23-20(26)13-28-18-8-6-5-7-17(18)14(2)3/h5-12,14H,4,13H2,1-3H3,(H,22,25)(H,23,26)(H,24,27). The van der Waals surface area contributed by atoms with E-state index in [-0.39, 0.29) is 18.4 Å². The number of carbonyl (C=O) groups excluding carboxylic acids is 3. The summed E-state index contributed by atoms with van der Waals surface area (Å²) in [7, 11) is 0. The summed E-state index contributed by atoms with van der Waals surface area (Å²) in [5, 5.41) is 2.70. The van der Waals surface area contributed by atoms with E-state index < -0.39 is 11.8 Å². The van der Waals surface area contributed by atoms with E-state index in [4.69, 9.17) is 4.74 Å². The van der Waals surface area contributed by atoms with Crippen molar-refractivity contribution >= 4 is 23.4 Å². The summed E-state index contributed by atoms with van der Waals surface area (Å²) < 4.78 is 5.56. The number of anilines is 1. The highest BCUT2D eigenvalue weighted by molar-refractivity contribution is 5.96. The lowest BCUT2D eigenvalue weighted by atomic mass is 10.0. The lowest BCUT2D eigenvalue weighted by molar-refractivity contribution is -0.123. The first kappa shape index (κ1) is 21.0. The molecule has 0 saturated heterocycles. The molecule has 7 heteroatoms. The smallest absolute Gasteiger partial charge is 0.276 e. The van der Waals surface area contributed by atoms with Gasteiger partial charge >= 0.3 is 0 Å². The van der Waals surface area contributed by atoms with E-state index in [0.717, 1.165) is 5.56 Å².